The number of amides is 1. The SMILES string of the molecule is COCC(N)C(=O)N(C)C(C)c1ccc(-n2cncn2)cc1. The zero-order chi connectivity index (χ0) is 16.1. The number of ether oxygens (including phenoxy) is 1. The first kappa shape index (κ1) is 16.1. The van der Waals surface area contributed by atoms with Crippen molar-refractivity contribution in [1.82, 2.24) is 19.7 Å². The lowest BCUT2D eigenvalue weighted by atomic mass is 10.1. The molecular formula is C15H21N5O2. The molecule has 0 aliphatic heterocycles. The molecule has 0 spiro atoms. The van der Waals surface area contributed by atoms with Crippen LogP contribution in [0.3, 0.4) is 0 Å². The molecule has 0 radical (unpaired) electrons. The van der Waals surface area contributed by atoms with Crippen LogP contribution in [0.1, 0.15) is 18.5 Å². The van der Waals surface area contributed by atoms with Gasteiger partial charge in [0.15, 0.2) is 0 Å². The average Bonchev–Trinajstić information content (AvgIpc) is 3.07. The second-order valence-corrected chi connectivity index (χ2v) is 5.12. The Hall–Kier alpha value is -2.25. The molecule has 2 atom stereocenters. The molecule has 22 heavy (non-hydrogen) atoms. The monoisotopic (exact) mass is 303 g/mol. The van der Waals surface area contributed by atoms with Crippen LogP contribution >= 0.6 is 0 Å². The number of aromatic nitrogens is 3. The van der Waals surface area contributed by atoms with E-state index in [1.165, 1.54) is 13.4 Å². The lowest BCUT2D eigenvalue weighted by Gasteiger charge is -2.27. The predicted molar refractivity (Wildman–Crippen MR) is 82.4 cm³/mol. The zero-order valence-electron chi connectivity index (χ0n) is 13.0. The molecule has 1 aromatic heterocycles. The van der Waals surface area contributed by atoms with Gasteiger partial charge >= 0.3 is 0 Å². The maximum atomic E-state index is 12.2. The maximum Gasteiger partial charge on any atom is 0.242 e. The van der Waals surface area contributed by atoms with E-state index in [1.54, 1.807) is 23.0 Å². The number of hydrogen-bond donors (Lipinski definition) is 1. The quantitative estimate of drug-likeness (QED) is 0.851. The summed E-state index contributed by atoms with van der Waals surface area (Å²) in [6, 6.07) is 7.08. The Kier molecular flexibility index (Phi) is 5.24. The molecule has 7 nitrogen and oxygen atoms in total. The molecule has 0 bridgehead atoms. The Balaban J connectivity index is 2.09. The zero-order valence-corrected chi connectivity index (χ0v) is 13.0. The summed E-state index contributed by atoms with van der Waals surface area (Å²) in [4.78, 5) is 17.8. The van der Waals surface area contributed by atoms with Crippen LogP contribution in [0.15, 0.2) is 36.9 Å². The van der Waals surface area contributed by atoms with Crippen molar-refractivity contribution in [2.75, 3.05) is 20.8 Å². The molecule has 1 heterocycles. The summed E-state index contributed by atoms with van der Waals surface area (Å²) < 4.78 is 6.61. The Morgan fingerprint density at radius 2 is 2.09 bits per heavy atom. The van der Waals surface area contributed by atoms with Crippen molar-refractivity contribution >= 4 is 5.91 Å². The lowest BCUT2D eigenvalue weighted by Crippen LogP contribution is -2.45. The highest BCUT2D eigenvalue weighted by Gasteiger charge is 2.22. The first-order valence-electron chi connectivity index (χ1n) is 7.00. The first-order valence-corrected chi connectivity index (χ1v) is 7.00. The fourth-order valence-corrected chi connectivity index (χ4v) is 2.17. The van der Waals surface area contributed by atoms with E-state index >= 15 is 0 Å². The van der Waals surface area contributed by atoms with Gasteiger partial charge in [-0.05, 0) is 24.6 Å². The fraction of sp³-hybridized carbons (Fsp3) is 0.400. The lowest BCUT2D eigenvalue weighted by molar-refractivity contribution is -0.134. The van der Waals surface area contributed by atoms with Gasteiger partial charge in [0.25, 0.3) is 0 Å². The highest BCUT2D eigenvalue weighted by molar-refractivity contribution is 5.82. The summed E-state index contributed by atoms with van der Waals surface area (Å²) in [5, 5.41) is 4.08. The molecule has 1 amide bonds. The van der Waals surface area contributed by atoms with Crippen LogP contribution in [0.4, 0.5) is 0 Å². The van der Waals surface area contributed by atoms with Crippen LogP contribution in [0.5, 0.6) is 0 Å². The van der Waals surface area contributed by atoms with Crippen LogP contribution < -0.4 is 5.73 Å². The number of carbonyl (C=O) groups is 1. The van der Waals surface area contributed by atoms with E-state index < -0.39 is 6.04 Å². The van der Waals surface area contributed by atoms with E-state index in [1.807, 2.05) is 31.2 Å². The summed E-state index contributed by atoms with van der Waals surface area (Å²) in [7, 11) is 3.27. The van der Waals surface area contributed by atoms with Gasteiger partial charge in [-0.2, -0.15) is 5.10 Å². The number of nitrogens with two attached hydrogens (primary N) is 1. The van der Waals surface area contributed by atoms with Crippen LogP contribution in [0, 0.1) is 0 Å². The van der Waals surface area contributed by atoms with E-state index in [9.17, 15) is 4.79 Å². The van der Waals surface area contributed by atoms with Crippen molar-refractivity contribution in [2.45, 2.75) is 19.0 Å². The van der Waals surface area contributed by atoms with Gasteiger partial charge in [0.2, 0.25) is 5.91 Å². The highest BCUT2D eigenvalue weighted by Crippen LogP contribution is 2.20. The minimum atomic E-state index is -0.646. The second-order valence-electron chi connectivity index (χ2n) is 5.12. The second kappa shape index (κ2) is 7.15. The molecule has 0 aliphatic carbocycles. The molecule has 0 saturated carbocycles. The third kappa shape index (κ3) is 3.49. The molecule has 1 aromatic carbocycles. The maximum absolute atomic E-state index is 12.2. The summed E-state index contributed by atoms with van der Waals surface area (Å²) in [6.45, 7) is 2.17. The van der Waals surface area contributed by atoms with Crippen molar-refractivity contribution in [3.63, 3.8) is 0 Å². The van der Waals surface area contributed by atoms with E-state index in [4.69, 9.17) is 10.5 Å². The minimum Gasteiger partial charge on any atom is -0.383 e. The first-order chi connectivity index (χ1) is 10.5. The molecular weight excluding hydrogens is 282 g/mol. The van der Waals surface area contributed by atoms with Crippen molar-refractivity contribution in [2.24, 2.45) is 5.73 Å². The van der Waals surface area contributed by atoms with Gasteiger partial charge in [0.05, 0.1) is 18.3 Å². The van der Waals surface area contributed by atoms with Crippen LogP contribution in [-0.4, -0.2) is 52.4 Å². The highest BCUT2D eigenvalue weighted by atomic mass is 16.5. The summed E-state index contributed by atoms with van der Waals surface area (Å²) in [5.74, 6) is -0.144. The number of methoxy groups -OCH3 is 1. The third-order valence-corrected chi connectivity index (χ3v) is 3.65. The van der Waals surface area contributed by atoms with E-state index in [0.29, 0.717) is 0 Å². The van der Waals surface area contributed by atoms with Gasteiger partial charge in [-0.1, -0.05) is 12.1 Å². The number of rotatable bonds is 6. The summed E-state index contributed by atoms with van der Waals surface area (Å²) >= 11 is 0. The van der Waals surface area contributed by atoms with Crippen LogP contribution in [-0.2, 0) is 9.53 Å². The Bertz CT molecular complexity index is 597. The Labute approximate surface area is 129 Å². The van der Waals surface area contributed by atoms with Gasteiger partial charge in [-0.15, -0.1) is 0 Å². The molecule has 2 N–H and O–H groups in total. The number of carbonyl (C=O) groups excluding carboxylic acids is 1. The van der Waals surface area contributed by atoms with Crippen LogP contribution in [0.2, 0.25) is 0 Å². The van der Waals surface area contributed by atoms with E-state index in [2.05, 4.69) is 10.1 Å². The smallest absolute Gasteiger partial charge is 0.242 e. The fourth-order valence-electron chi connectivity index (χ4n) is 2.17. The van der Waals surface area contributed by atoms with Gasteiger partial charge in [0.1, 0.15) is 18.7 Å². The van der Waals surface area contributed by atoms with Crippen molar-refractivity contribution in [3.05, 3.63) is 42.5 Å². The van der Waals surface area contributed by atoms with Crippen molar-refractivity contribution < 1.29 is 9.53 Å². The summed E-state index contributed by atoms with van der Waals surface area (Å²) in [5.41, 5.74) is 7.73. The molecule has 0 aliphatic rings. The molecule has 2 aromatic rings. The van der Waals surface area contributed by atoms with Crippen molar-refractivity contribution in [1.29, 1.82) is 0 Å². The largest absolute Gasteiger partial charge is 0.383 e. The van der Waals surface area contributed by atoms with E-state index in [0.717, 1.165) is 11.3 Å². The molecule has 118 valence electrons. The Morgan fingerprint density at radius 3 is 2.64 bits per heavy atom. The third-order valence-electron chi connectivity index (χ3n) is 3.65. The van der Waals surface area contributed by atoms with Gasteiger partial charge in [-0.25, -0.2) is 9.67 Å². The minimum absolute atomic E-state index is 0.0831. The van der Waals surface area contributed by atoms with E-state index in [-0.39, 0.29) is 18.6 Å². The van der Waals surface area contributed by atoms with Crippen LogP contribution in [0.25, 0.3) is 5.69 Å². The normalized spacial score (nSPS) is 13.6. The number of likely N-dealkylation sites (N-methyl/N-ethyl adjacent to an activating group) is 1. The number of nitrogens with zero attached hydrogens (tertiary/aromatic N) is 4. The summed E-state index contributed by atoms with van der Waals surface area (Å²) in [6.07, 6.45) is 3.12. The molecule has 0 fully saturated rings. The average molecular weight is 303 g/mol. The standard InChI is InChI=1S/C15H21N5O2/c1-11(19(2)15(21)14(16)8-22-3)12-4-6-13(7-5-12)20-10-17-9-18-20/h4-7,9-11,14H,8,16H2,1-3H3. The predicted octanol–water partition coefficient (Wildman–Crippen LogP) is 0.760. The molecule has 2 unspecified atom stereocenters. The topological polar surface area (TPSA) is 86.3 Å². The molecule has 7 heteroatoms. The Morgan fingerprint density at radius 1 is 1.41 bits per heavy atom. The molecule has 0 saturated heterocycles. The molecule has 2 rings (SSSR count). The van der Waals surface area contributed by atoms with Gasteiger partial charge in [-0.3, -0.25) is 4.79 Å². The van der Waals surface area contributed by atoms with Gasteiger partial charge < -0.3 is 15.4 Å². The van der Waals surface area contributed by atoms with Gasteiger partial charge in [0, 0.05) is 14.2 Å². The van der Waals surface area contributed by atoms with Crippen molar-refractivity contribution in [3.8, 4) is 5.69 Å². The number of benzene rings is 1. The number of hydrogen-bond acceptors (Lipinski definition) is 5.